The summed E-state index contributed by atoms with van der Waals surface area (Å²) in [5.41, 5.74) is 2.79. The number of hydrogen-bond donors (Lipinski definition) is 2. The van der Waals surface area contributed by atoms with E-state index in [1.54, 1.807) is 24.4 Å². The minimum Gasteiger partial charge on any atom is -0.447 e. The zero-order valence-electron chi connectivity index (χ0n) is 17.2. The van der Waals surface area contributed by atoms with E-state index in [9.17, 15) is 10.1 Å². The molecule has 0 aliphatic heterocycles. The monoisotopic (exact) mass is 403 g/mol. The van der Waals surface area contributed by atoms with E-state index in [1.807, 2.05) is 19.1 Å². The summed E-state index contributed by atoms with van der Waals surface area (Å²) in [4.78, 5) is 21.6. The van der Waals surface area contributed by atoms with E-state index < -0.39 is 5.91 Å². The minimum absolute atomic E-state index is 0.152. The number of aromatic nitrogens is 2. The van der Waals surface area contributed by atoms with Gasteiger partial charge in [-0.2, -0.15) is 5.26 Å². The molecule has 1 aliphatic rings. The van der Waals surface area contributed by atoms with Gasteiger partial charge < -0.3 is 15.1 Å². The molecule has 1 amide bonds. The van der Waals surface area contributed by atoms with Crippen molar-refractivity contribution in [1.82, 2.24) is 9.97 Å². The lowest BCUT2D eigenvalue weighted by molar-refractivity contribution is 0.0999. The number of nitriles is 1. The van der Waals surface area contributed by atoms with Crippen molar-refractivity contribution in [3.8, 4) is 6.07 Å². The molecule has 0 unspecified atom stereocenters. The van der Waals surface area contributed by atoms with Gasteiger partial charge in [-0.15, -0.1) is 0 Å². The highest BCUT2D eigenvalue weighted by Gasteiger charge is 2.24. The van der Waals surface area contributed by atoms with E-state index in [4.69, 9.17) is 4.42 Å². The van der Waals surface area contributed by atoms with Crippen LogP contribution >= 0.6 is 0 Å². The molecule has 0 bridgehead atoms. The molecule has 7 heteroatoms. The van der Waals surface area contributed by atoms with Crippen molar-refractivity contribution in [2.75, 3.05) is 17.2 Å². The Morgan fingerprint density at radius 2 is 2.03 bits per heavy atom. The van der Waals surface area contributed by atoms with Crippen molar-refractivity contribution in [2.24, 2.45) is 11.8 Å². The van der Waals surface area contributed by atoms with Crippen molar-refractivity contribution in [1.29, 1.82) is 5.26 Å². The molecule has 3 heterocycles. The lowest BCUT2D eigenvalue weighted by Crippen LogP contribution is -2.21. The van der Waals surface area contributed by atoms with Gasteiger partial charge in [-0.25, -0.2) is 9.97 Å². The third-order valence-electron chi connectivity index (χ3n) is 5.71. The zero-order valence-corrected chi connectivity index (χ0v) is 17.2. The molecule has 1 aliphatic carbocycles. The van der Waals surface area contributed by atoms with Crippen LogP contribution in [-0.4, -0.2) is 22.4 Å². The lowest BCUT2D eigenvalue weighted by atomic mass is 9.83. The first-order valence-electron chi connectivity index (χ1n) is 10.3. The molecule has 0 radical (unpaired) electrons. The van der Waals surface area contributed by atoms with E-state index in [-0.39, 0.29) is 11.5 Å². The van der Waals surface area contributed by atoms with Crippen molar-refractivity contribution >= 4 is 28.5 Å². The van der Waals surface area contributed by atoms with Crippen molar-refractivity contribution in [3.63, 3.8) is 0 Å². The number of pyridine rings is 2. The fourth-order valence-corrected chi connectivity index (χ4v) is 3.86. The number of carbonyl (C=O) groups is 1. The number of rotatable bonds is 5. The maximum atomic E-state index is 13.0. The molecule has 3 aromatic heterocycles. The van der Waals surface area contributed by atoms with E-state index in [1.165, 1.54) is 12.8 Å². The van der Waals surface area contributed by atoms with Crippen LogP contribution in [0.2, 0.25) is 0 Å². The van der Waals surface area contributed by atoms with Crippen LogP contribution in [0.5, 0.6) is 0 Å². The zero-order chi connectivity index (χ0) is 21.1. The maximum Gasteiger partial charge on any atom is 0.294 e. The number of nitrogens with one attached hydrogen (secondary N) is 2. The lowest BCUT2D eigenvalue weighted by Gasteiger charge is -2.26. The predicted molar refractivity (Wildman–Crippen MR) is 115 cm³/mol. The second-order valence-corrected chi connectivity index (χ2v) is 8.14. The van der Waals surface area contributed by atoms with Gasteiger partial charge >= 0.3 is 0 Å². The standard InChI is InChI=1S/C23H25N5O2/c1-14-3-6-16(7-4-14)13-26-21-20-18(9-8-17(11-24)27-20)30-22(21)23(29)28-19-10-5-15(2)12-25-19/h5,8-10,12,14,16,26H,3-4,6-7,13H2,1-2H3,(H,25,28,29). The number of anilines is 2. The summed E-state index contributed by atoms with van der Waals surface area (Å²) in [6.45, 7) is 4.97. The smallest absolute Gasteiger partial charge is 0.294 e. The second kappa shape index (κ2) is 8.54. The van der Waals surface area contributed by atoms with E-state index in [0.29, 0.717) is 28.5 Å². The third kappa shape index (κ3) is 4.28. The highest BCUT2D eigenvalue weighted by Crippen LogP contribution is 2.33. The van der Waals surface area contributed by atoms with Gasteiger partial charge in [0.15, 0.2) is 5.58 Å². The molecule has 0 spiro atoms. The molecule has 1 fully saturated rings. The van der Waals surface area contributed by atoms with Gasteiger partial charge in [0.1, 0.15) is 28.8 Å². The van der Waals surface area contributed by atoms with Gasteiger partial charge in [0, 0.05) is 12.7 Å². The Morgan fingerprint density at radius 3 is 2.73 bits per heavy atom. The van der Waals surface area contributed by atoms with Crippen LogP contribution in [0.4, 0.5) is 11.5 Å². The first-order chi connectivity index (χ1) is 14.5. The van der Waals surface area contributed by atoms with Crippen molar-refractivity contribution in [3.05, 3.63) is 47.5 Å². The molecule has 0 atom stereocenters. The molecule has 4 rings (SSSR count). The van der Waals surface area contributed by atoms with Gasteiger partial charge in [0.2, 0.25) is 5.76 Å². The number of hydrogen-bond acceptors (Lipinski definition) is 6. The maximum absolute atomic E-state index is 13.0. The molecule has 154 valence electrons. The van der Waals surface area contributed by atoms with Gasteiger partial charge in [-0.05, 0) is 55.4 Å². The summed E-state index contributed by atoms with van der Waals surface area (Å²) < 4.78 is 5.84. The normalized spacial score (nSPS) is 18.7. The number of amides is 1. The quantitative estimate of drug-likeness (QED) is 0.628. The number of fused-ring (bicyclic) bond motifs is 1. The Kier molecular flexibility index (Phi) is 5.66. The Bertz CT molecular complexity index is 1090. The van der Waals surface area contributed by atoms with Crippen molar-refractivity contribution < 1.29 is 9.21 Å². The summed E-state index contributed by atoms with van der Waals surface area (Å²) in [6, 6.07) is 8.94. The average Bonchev–Trinajstić information content (AvgIpc) is 3.12. The Hall–Kier alpha value is -3.40. The van der Waals surface area contributed by atoms with Gasteiger partial charge in [0.25, 0.3) is 5.91 Å². The molecule has 1 saturated carbocycles. The summed E-state index contributed by atoms with van der Waals surface area (Å²) in [5.74, 6) is 1.52. The summed E-state index contributed by atoms with van der Waals surface area (Å²) in [5, 5.41) is 15.4. The number of furan rings is 1. The average molecular weight is 403 g/mol. The topological polar surface area (TPSA) is 104 Å². The fourth-order valence-electron chi connectivity index (χ4n) is 3.86. The van der Waals surface area contributed by atoms with Crippen LogP contribution in [-0.2, 0) is 0 Å². The summed E-state index contributed by atoms with van der Waals surface area (Å²) in [7, 11) is 0. The molecule has 0 saturated heterocycles. The summed E-state index contributed by atoms with van der Waals surface area (Å²) in [6.07, 6.45) is 6.47. The first kappa shape index (κ1) is 19.9. The molecular formula is C23H25N5O2. The van der Waals surface area contributed by atoms with E-state index in [2.05, 4.69) is 27.5 Å². The SMILES string of the molecule is Cc1ccc(NC(=O)c2oc3ccc(C#N)nc3c2NCC2CCC(C)CC2)nc1. The van der Waals surface area contributed by atoms with Crippen molar-refractivity contribution in [2.45, 2.75) is 39.5 Å². The first-order valence-corrected chi connectivity index (χ1v) is 10.3. The highest BCUT2D eigenvalue weighted by atomic mass is 16.3. The van der Waals surface area contributed by atoms with Gasteiger partial charge in [-0.1, -0.05) is 25.8 Å². The molecule has 7 nitrogen and oxygen atoms in total. The predicted octanol–water partition coefficient (Wildman–Crippen LogP) is 4.89. The fraction of sp³-hybridized carbons (Fsp3) is 0.391. The minimum atomic E-state index is -0.400. The third-order valence-corrected chi connectivity index (χ3v) is 5.71. The van der Waals surface area contributed by atoms with E-state index >= 15 is 0 Å². The Morgan fingerprint density at radius 1 is 1.23 bits per heavy atom. The largest absolute Gasteiger partial charge is 0.447 e. The van der Waals surface area contributed by atoms with Gasteiger partial charge in [-0.3, -0.25) is 4.79 Å². The Labute approximate surface area is 175 Å². The number of nitrogens with zero attached hydrogens (tertiary/aromatic N) is 3. The van der Waals surface area contributed by atoms with Crippen LogP contribution in [0.25, 0.3) is 11.1 Å². The number of aryl methyl sites for hydroxylation is 1. The molecular weight excluding hydrogens is 378 g/mol. The van der Waals surface area contributed by atoms with E-state index in [0.717, 1.165) is 30.9 Å². The van der Waals surface area contributed by atoms with Crippen LogP contribution in [0.3, 0.4) is 0 Å². The van der Waals surface area contributed by atoms with Crippen LogP contribution in [0.1, 0.15) is 54.4 Å². The molecule has 0 aromatic carbocycles. The molecule has 3 aromatic rings. The van der Waals surface area contributed by atoms with Crippen LogP contribution < -0.4 is 10.6 Å². The molecule has 2 N–H and O–H groups in total. The second-order valence-electron chi connectivity index (χ2n) is 8.14. The highest BCUT2D eigenvalue weighted by molar-refractivity contribution is 6.10. The molecule has 30 heavy (non-hydrogen) atoms. The van der Waals surface area contributed by atoms with Crippen LogP contribution in [0, 0.1) is 30.1 Å². The number of carbonyl (C=O) groups excluding carboxylic acids is 1. The van der Waals surface area contributed by atoms with Gasteiger partial charge in [0.05, 0.1) is 0 Å². The summed E-state index contributed by atoms with van der Waals surface area (Å²) >= 11 is 0. The Balaban J connectivity index is 1.62. The van der Waals surface area contributed by atoms with Crippen LogP contribution in [0.15, 0.2) is 34.9 Å².